The summed E-state index contributed by atoms with van der Waals surface area (Å²) in [4.78, 5) is 36.8. The molecule has 3 aromatic rings. The Bertz CT molecular complexity index is 1130. The molecule has 0 radical (unpaired) electrons. The van der Waals surface area contributed by atoms with Crippen LogP contribution >= 0.6 is 11.6 Å². The number of rotatable bonds is 4. The van der Waals surface area contributed by atoms with Gasteiger partial charge in [-0.2, -0.15) is 5.10 Å². The summed E-state index contributed by atoms with van der Waals surface area (Å²) in [6, 6.07) is 10.2. The second-order valence-electron chi connectivity index (χ2n) is 6.39. The van der Waals surface area contributed by atoms with Crippen LogP contribution in [0.3, 0.4) is 0 Å². The summed E-state index contributed by atoms with van der Waals surface area (Å²) < 4.78 is 6.16. The fraction of sp³-hybridized carbons (Fsp3) is 0.200. The molecule has 144 valence electrons. The molecule has 3 rings (SSSR count). The van der Waals surface area contributed by atoms with Gasteiger partial charge in [-0.05, 0) is 37.1 Å². The molecule has 0 unspecified atom stereocenters. The maximum Gasteiger partial charge on any atom is 0.359 e. The number of carbonyl (C=O) groups excluding carboxylic acids is 2. The van der Waals surface area contributed by atoms with Crippen LogP contribution in [0.25, 0.3) is 10.8 Å². The van der Waals surface area contributed by atoms with Crippen LogP contribution in [0.15, 0.2) is 41.2 Å². The number of amides is 1. The first-order valence-corrected chi connectivity index (χ1v) is 8.85. The molecule has 1 heterocycles. The molecule has 0 aliphatic carbocycles. The first-order valence-electron chi connectivity index (χ1n) is 8.47. The van der Waals surface area contributed by atoms with Gasteiger partial charge in [0.2, 0.25) is 0 Å². The van der Waals surface area contributed by atoms with Crippen LogP contribution in [0.5, 0.6) is 0 Å². The van der Waals surface area contributed by atoms with Crippen molar-refractivity contribution in [2.24, 2.45) is 7.05 Å². The zero-order chi connectivity index (χ0) is 20.4. The van der Waals surface area contributed by atoms with Gasteiger partial charge in [-0.1, -0.05) is 35.9 Å². The minimum Gasteiger partial charge on any atom is -0.451 e. The quantitative estimate of drug-likeness (QED) is 0.681. The minimum absolute atomic E-state index is 0.0324. The van der Waals surface area contributed by atoms with Crippen molar-refractivity contribution in [1.82, 2.24) is 9.78 Å². The number of halogens is 1. The summed E-state index contributed by atoms with van der Waals surface area (Å²) >= 11 is 6.17. The highest BCUT2D eigenvalue weighted by atomic mass is 35.5. The Labute approximate surface area is 165 Å². The van der Waals surface area contributed by atoms with E-state index in [2.05, 4.69) is 10.4 Å². The third-order valence-corrected chi connectivity index (χ3v) is 4.48. The van der Waals surface area contributed by atoms with Crippen LogP contribution in [0.4, 0.5) is 5.69 Å². The number of aromatic nitrogens is 2. The monoisotopic (exact) mass is 399 g/mol. The number of carbonyl (C=O) groups is 2. The van der Waals surface area contributed by atoms with Crippen LogP contribution in [0.2, 0.25) is 5.02 Å². The van der Waals surface area contributed by atoms with Gasteiger partial charge in [-0.3, -0.25) is 9.59 Å². The Morgan fingerprint density at radius 2 is 1.86 bits per heavy atom. The average molecular weight is 400 g/mol. The molecular weight excluding hydrogens is 382 g/mol. The highest BCUT2D eigenvalue weighted by Gasteiger charge is 2.18. The molecule has 8 heteroatoms. The van der Waals surface area contributed by atoms with E-state index in [0.717, 1.165) is 15.8 Å². The summed E-state index contributed by atoms with van der Waals surface area (Å²) in [5.74, 6) is -1.33. The maximum atomic E-state index is 12.5. The summed E-state index contributed by atoms with van der Waals surface area (Å²) in [6.07, 6.45) is 0. The van der Waals surface area contributed by atoms with E-state index in [1.807, 2.05) is 19.9 Å². The summed E-state index contributed by atoms with van der Waals surface area (Å²) in [5, 5.41) is 7.74. The van der Waals surface area contributed by atoms with Crippen molar-refractivity contribution in [3.8, 4) is 0 Å². The molecule has 0 saturated heterocycles. The Hall–Kier alpha value is -3.19. The van der Waals surface area contributed by atoms with E-state index in [1.54, 1.807) is 30.3 Å². The number of esters is 1. The lowest BCUT2D eigenvalue weighted by Gasteiger charge is -2.12. The second kappa shape index (κ2) is 7.82. The molecule has 7 nitrogen and oxygen atoms in total. The predicted molar refractivity (Wildman–Crippen MR) is 107 cm³/mol. The van der Waals surface area contributed by atoms with Gasteiger partial charge in [0.05, 0.1) is 16.1 Å². The molecule has 1 N–H and O–H groups in total. The van der Waals surface area contributed by atoms with Gasteiger partial charge in [0.15, 0.2) is 12.3 Å². The molecule has 0 aliphatic rings. The van der Waals surface area contributed by atoms with Crippen LogP contribution in [-0.2, 0) is 16.6 Å². The number of benzene rings is 2. The van der Waals surface area contributed by atoms with E-state index < -0.39 is 18.5 Å². The summed E-state index contributed by atoms with van der Waals surface area (Å²) in [5.41, 5.74) is 1.89. The molecule has 0 saturated carbocycles. The van der Waals surface area contributed by atoms with Gasteiger partial charge in [0.1, 0.15) is 0 Å². The number of nitrogens with one attached hydrogen (secondary N) is 1. The highest BCUT2D eigenvalue weighted by molar-refractivity contribution is 6.34. The van der Waals surface area contributed by atoms with E-state index in [4.69, 9.17) is 16.3 Å². The molecular formula is C20H18ClN3O4. The van der Waals surface area contributed by atoms with E-state index in [-0.39, 0.29) is 11.3 Å². The molecule has 0 aliphatic heterocycles. The van der Waals surface area contributed by atoms with Crippen LogP contribution in [-0.4, -0.2) is 28.3 Å². The smallest absolute Gasteiger partial charge is 0.359 e. The first-order chi connectivity index (χ1) is 13.3. The summed E-state index contributed by atoms with van der Waals surface area (Å²) in [7, 11) is 1.44. The average Bonchev–Trinajstić information content (AvgIpc) is 2.65. The largest absolute Gasteiger partial charge is 0.451 e. The normalized spacial score (nSPS) is 10.7. The van der Waals surface area contributed by atoms with Crippen molar-refractivity contribution in [3.05, 3.63) is 68.6 Å². The maximum absolute atomic E-state index is 12.5. The number of aryl methyl sites for hydroxylation is 3. The molecule has 0 fully saturated rings. The SMILES string of the molecule is Cc1cc(C)c(NC(=O)COC(=O)c2nn(C)c(=O)c3ccccc23)c(Cl)c1. The fourth-order valence-corrected chi connectivity index (χ4v) is 3.27. The highest BCUT2D eigenvalue weighted by Crippen LogP contribution is 2.27. The Balaban J connectivity index is 1.76. The summed E-state index contributed by atoms with van der Waals surface area (Å²) in [6.45, 7) is 3.21. The van der Waals surface area contributed by atoms with Crippen molar-refractivity contribution in [2.45, 2.75) is 13.8 Å². The van der Waals surface area contributed by atoms with Gasteiger partial charge in [-0.25, -0.2) is 9.48 Å². The predicted octanol–water partition coefficient (Wildman–Crippen LogP) is 3.00. The molecule has 1 amide bonds. The van der Waals surface area contributed by atoms with Crippen LogP contribution in [0, 0.1) is 13.8 Å². The van der Waals surface area contributed by atoms with Crippen molar-refractivity contribution in [2.75, 3.05) is 11.9 Å². The minimum atomic E-state index is -0.798. The Kier molecular flexibility index (Phi) is 5.46. The number of anilines is 1. The van der Waals surface area contributed by atoms with Gasteiger partial charge in [0.25, 0.3) is 11.5 Å². The third kappa shape index (κ3) is 3.89. The van der Waals surface area contributed by atoms with Gasteiger partial charge >= 0.3 is 5.97 Å². The lowest BCUT2D eigenvalue weighted by molar-refractivity contribution is -0.119. The number of ether oxygens (including phenoxy) is 1. The first kappa shape index (κ1) is 19.6. The lowest BCUT2D eigenvalue weighted by atomic mass is 10.1. The molecule has 28 heavy (non-hydrogen) atoms. The molecule has 0 bridgehead atoms. The molecule has 1 aromatic heterocycles. The topological polar surface area (TPSA) is 90.3 Å². The zero-order valence-corrected chi connectivity index (χ0v) is 16.3. The molecule has 2 aromatic carbocycles. The number of hydrogen-bond acceptors (Lipinski definition) is 5. The molecule has 0 atom stereocenters. The van der Waals surface area contributed by atoms with E-state index in [9.17, 15) is 14.4 Å². The second-order valence-corrected chi connectivity index (χ2v) is 6.79. The fourth-order valence-electron chi connectivity index (χ4n) is 2.90. The van der Waals surface area contributed by atoms with E-state index in [0.29, 0.717) is 21.5 Å². The number of hydrogen-bond donors (Lipinski definition) is 1. The Morgan fingerprint density at radius 3 is 2.54 bits per heavy atom. The van der Waals surface area contributed by atoms with Crippen molar-refractivity contribution < 1.29 is 14.3 Å². The van der Waals surface area contributed by atoms with Gasteiger partial charge in [0, 0.05) is 12.4 Å². The van der Waals surface area contributed by atoms with Gasteiger partial charge < -0.3 is 10.1 Å². The van der Waals surface area contributed by atoms with Crippen molar-refractivity contribution >= 4 is 39.9 Å². The van der Waals surface area contributed by atoms with E-state index in [1.165, 1.54) is 7.05 Å². The van der Waals surface area contributed by atoms with Gasteiger partial charge in [-0.15, -0.1) is 0 Å². The van der Waals surface area contributed by atoms with Crippen molar-refractivity contribution in [3.63, 3.8) is 0 Å². The van der Waals surface area contributed by atoms with Crippen LogP contribution < -0.4 is 10.9 Å². The van der Waals surface area contributed by atoms with Crippen LogP contribution in [0.1, 0.15) is 21.6 Å². The Morgan fingerprint density at radius 1 is 1.18 bits per heavy atom. The number of nitrogens with zero attached hydrogens (tertiary/aromatic N) is 2. The number of fused-ring (bicyclic) bond motifs is 1. The molecule has 0 spiro atoms. The lowest BCUT2D eigenvalue weighted by Crippen LogP contribution is -2.26. The van der Waals surface area contributed by atoms with E-state index >= 15 is 0 Å². The standard InChI is InChI=1S/C20H18ClN3O4/c1-11-8-12(2)17(15(21)9-11)22-16(25)10-28-20(27)18-13-6-4-5-7-14(13)19(26)24(3)23-18/h4-9H,10H2,1-3H3,(H,22,25). The third-order valence-electron chi connectivity index (χ3n) is 4.18. The zero-order valence-electron chi connectivity index (χ0n) is 15.6. The van der Waals surface area contributed by atoms with Crippen molar-refractivity contribution in [1.29, 1.82) is 0 Å².